The van der Waals surface area contributed by atoms with Gasteiger partial charge in [0.05, 0.1) is 17.5 Å². The molecule has 0 bridgehead atoms. The first kappa shape index (κ1) is 21.5. The number of carbonyl (C=O) groups is 1. The summed E-state index contributed by atoms with van der Waals surface area (Å²) in [5, 5.41) is 10.4. The lowest BCUT2D eigenvalue weighted by molar-refractivity contribution is 0.0688. The van der Waals surface area contributed by atoms with E-state index in [0.29, 0.717) is 27.8 Å². The van der Waals surface area contributed by atoms with Crippen molar-refractivity contribution >= 4 is 32.6 Å². The molecule has 0 spiro atoms. The molecule has 0 aliphatic heterocycles. The van der Waals surface area contributed by atoms with Gasteiger partial charge in [0.2, 0.25) is 10.0 Å². The summed E-state index contributed by atoms with van der Waals surface area (Å²) in [7, 11) is -2.12. The smallest absolute Gasteiger partial charge is 0.352 e. The Bertz CT molecular complexity index is 1480. The molecule has 1 heterocycles. The highest BCUT2D eigenvalue weighted by Crippen LogP contribution is 2.31. The fourth-order valence-electron chi connectivity index (χ4n) is 3.55. The molecule has 0 amide bonds. The van der Waals surface area contributed by atoms with Crippen LogP contribution < -0.4 is 4.31 Å². The molecular weight excluding hydrogens is 438 g/mol. The minimum absolute atomic E-state index is 0.0455. The first-order valence-electron chi connectivity index (χ1n) is 9.45. The number of aromatic nitrogens is 1. The van der Waals surface area contributed by atoms with E-state index in [-0.39, 0.29) is 11.3 Å². The Hall–Kier alpha value is -3.72. The third-order valence-corrected chi connectivity index (χ3v) is 6.42. The summed E-state index contributed by atoms with van der Waals surface area (Å²) in [5.41, 5.74) is 1.81. The molecule has 3 aromatic carbocycles. The molecule has 164 valence electrons. The van der Waals surface area contributed by atoms with Crippen LogP contribution >= 0.6 is 0 Å². The molecule has 0 radical (unpaired) electrons. The Balaban J connectivity index is 1.95. The van der Waals surface area contributed by atoms with E-state index in [4.69, 9.17) is 0 Å². The van der Waals surface area contributed by atoms with Gasteiger partial charge in [0.15, 0.2) is 0 Å². The highest BCUT2D eigenvalue weighted by molar-refractivity contribution is 7.92. The Morgan fingerprint density at radius 1 is 1.00 bits per heavy atom. The van der Waals surface area contributed by atoms with Crippen molar-refractivity contribution in [2.45, 2.75) is 0 Å². The average Bonchev–Trinajstić information content (AvgIpc) is 3.11. The topological polar surface area (TPSA) is 79.6 Å². The molecule has 6 nitrogen and oxygen atoms in total. The first-order valence-corrected chi connectivity index (χ1v) is 11.3. The van der Waals surface area contributed by atoms with Gasteiger partial charge in [-0.2, -0.15) is 0 Å². The van der Waals surface area contributed by atoms with E-state index in [1.807, 2.05) is 0 Å². The normalized spacial score (nSPS) is 11.6. The van der Waals surface area contributed by atoms with E-state index in [2.05, 4.69) is 0 Å². The number of aromatic carboxylic acids is 1. The zero-order chi connectivity index (χ0) is 23.2. The van der Waals surface area contributed by atoms with Gasteiger partial charge < -0.3 is 9.67 Å². The number of rotatable bonds is 5. The molecule has 4 rings (SSSR count). The van der Waals surface area contributed by atoms with E-state index in [1.165, 1.54) is 23.7 Å². The van der Waals surface area contributed by atoms with Crippen molar-refractivity contribution in [2.75, 3.05) is 17.6 Å². The number of nitrogens with zero attached hydrogens (tertiary/aromatic N) is 2. The summed E-state index contributed by atoms with van der Waals surface area (Å²) in [5.74, 6) is -2.62. The Kier molecular flexibility index (Phi) is 5.21. The van der Waals surface area contributed by atoms with Crippen LogP contribution in [0, 0.1) is 11.6 Å². The van der Waals surface area contributed by atoms with Crippen LogP contribution in [0.5, 0.6) is 0 Å². The number of anilines is 1. The van der Waals surface area contributed by atoms with Crippen molar-refractivity contribution in [3.8, 4) is 16.8 Å². The zero-order valence-corrected chi connectivity index (χ0v) is 17.9. The van der Waals surface area contributed by atoms with E-state index in [0.717, 1.165) is 22.7 Å². The molecule has 32 heavy (non-hydrogen) atoms. The third-order valence-electron chi connectivity index (χ3n) is 5.21. The van der Waals surface area contributed by atoms with Crippen molar-refractivity contribution in [3.63, 3.8) is 0 Å². The fraction of sp³-hybridized carbons (Fsp3) is 0.0870. The molecule has 0 aliphatic carbocycles. The molecule has 9 heteroatoms. The summed E-state index contributed by atoms with van der Waals surface area (Å²) in [6.45, 7) is 0. The van der Waals surface area contributed by atoms with Gasteiger partial charge in [0.25, 0.3) is 0 Å². The van der Waals surface area contributed by atoms with Crippen molar-refractivity contribution in [1.29, 1.82) is 0 Å². The van der Waals surface area contributed by atoms with Gasteiger partial charge in [-0.15, -0.1) is 0 Å². The number of carboxylic acids is 1. The van der Waals surface area contributed by atoms with Gasteiger partial charge in [-0.1, -0.05) is 18.2 Å². The summed E-state index contributed by atoms with van der Waals surface area (Å²) in [4.78, 5) is 12.0. The predicted octanol–water partition coefficient (Wildman–Crippen LogP) is 4.67. The Morgan fingerprint density at radius 2 is 1.75 bits per heavy atom. The summed E-state index contributed by atoms with van der Waals surface area (Å²) in [6, 6.07) is 16.0. The molecule has 0 saturated heterocycles. The molecule has 1 N–H and O–H groups in total. The number of fused-ring (bicyclic) bond motifs is 1. The number of sulfonamides is 1. The van der Waals surface area contributed by atoms with Gasteiger partial charge in [0, 0.05) is 29.8 Å². The monoisotopic (exact) mass is 456 g/mol. The highest BCUT2D eigenvalue weighted by Gasteiger charge is 2.19. The van der Waals surface area contributed by atoms with Crippen LogP contribution in [0.2, 0.25) is 0 Å². The van der Waals surface area contributed by atoms with Crippen LogP contribution in [0.1, 0.15) is 10.5 Å². The second-order valence-electron chi connectivity index (χ2n) is 7.32. The lowest BCUT2D eigenvalue weighted by Gasteiger charge is -2.17. The van der Waals surface area contributed by atoms with Crippen molar-refractivity contribution < 1.29 is 27.1 Å². The van der Waals surface area contributed by atoms with Crippen LogP contribution in [0.3, 0.4) is 0 Å². The van der Waals surface area contributed by atoms with Gasteiger partial charge in [-0.3, -0.25) is 4.31 Å². The van der Waals surface area contributed by atoms with Crippen LogP contribution in [0.15, 0.2) is 66.7 Å². The molecule has 1 aromatic heterocycles. The Labute approximate surface area is 183 Å². The number of hydrogen-bond acceptors (Lipinski definition) is 3. The van der Waals surface area contributed by atoms with E-state index >= 15 is 0 Å². The van der Waals surface area contributed by atoms with Crippen LogP contribution in [-0.4, -0.2) is 37.4 Å². The minimum atomic E-state index is -3.53. The number of carboxylic acid groups (broad SMARTS) is 1. The average molecular weight is 456 g/mol. The lowest BCUT2D eigenvalue weighted by atomic mass is 10.0. The molecule has 0 atom stereocenters. The van der Waals surface area contributed by atoms with Crippen LogP contribution in [0.4, 0.5) is 14.5 Å². The van der Waals surface area contributed by atoms with E-state index in [9.17, 15) is 27.1 Å². The number of halogens is 2. The SMILES string of the molecule is CN(c1ccc2cc(C(=O)O)n(-c3cccc(-c4ccc(F)cc4F)c3)c2c1)S(C)(=O)=O. The molecule has 0 saturated carbocycles. The van der Waals surface area contributed by atoms with Crippen molar-refractivity contribution in [3.05, 3.63) is 84.1 Å². The highest BCUT2D eigenvalue weighted by atomic mass is 32.2. The zero-order valence-electron chi connectivity index (χ0n) is 17.1. The fourth-order valence-corrected chi connectivity index (χ4v) is 4.04. The lowest BCUT2D eigenvalue weighted by Crippen LogP contribution is -2.24. The minimum Gasteiger partial charge on any atom is -0.477 e. The van der Waals surface area contributed by atoms with E-state index in [1.54, 1.807) is 42.5 Å². The van der Waals surface area contributed by atoms with Crippen molar-refractivity contribution in [1.82, 2.24) is 4.57 Å². The number of benzene rings is 3. The van der Waals surface area contributed by atoms with Gasteiger partial charge in [-0.25, -0.2) is 22.0 Å². The summed E-state index contributed by atoms with van der Waals surface area (Å²) < 4.78 is 54.1. The molecule has 0 unspecified atom stereocenters. The van der Waals surface area contributed by atoms with Gasteiger partial charge in [-0.05, 0) is 48.0 Å². The summed E-state index contributed by atoms with van der Waals surface area (Å²) in [6.07, 6.45) is 1.07. The van der Waals surface area contributed by atoms with Gasteiger partial charge in [0.1, 0.15) is 17.3 Å². The van der Waals surface area contributed by atoms with E-state index < -0.39 is 27.6 Å². The molecule has 0 aliphatic rings. The van der Waals surface area contributed by atoms with Gasteiger partial charge >= 0.3 is 5.97 Å². The first-order chi connectivity index (χ1) is 15.1. The standard InChI is InChI=1S/C23H18F2N2O4S/c1-26(32(2,30)31)17-8-6-15-11-22(23(28)29)27(21(15)13-17)18-5-3-4-14(10-18)19-9-7-16(24)12-20(19)25/h3-13H,1-2H3,(H,28,29). The molecular formula is C23H18F2N2O4S. The quantitative estimate of drug-likeness (QED) is 0.473. The van der Waals surface area contributed by atoms with Crippen LogP contribution in [-0.2, 0) is 10.0 Å². The molecule has 0 fully saturated rings. The maximum absolute atomic E-state index is 14.3. The largest absolute Gasteiger partial charge is 0.477 e. The number of hydrogen-bond donors (Lipinski definition) is 1. The second-order valence-corrected chi connectivity index (χ2v) is 9.33. The maximum Gasteiger partial charge on any atom is 0.352 e. The van der Waals surface area contributed by atoms with Crippen LogP contribution in [0.25, 0.3) is 27.7 Å². The third kappa shape index (κ3) is 3.82. The maximum atomic E-state index is 14.3. The van der Waals surface area contributed by atoms with Crippen molar-refractivity contribution in [2.24, 2.45) is 0 Å². The predicted molar refractivity (Wildman–Crippen MR) is 119 cm³/mol. The summed E-state index contributed by atoms with van der Waals surface area (Å²) >= 11 is 0. The molecule has 4 aromatic rings. The second kappa shape index (κ2) is 7.76. The Morgan fingerprint density at radius 3 is 2.41 bits per heavy atom.